The molecule has 0 spiro atoms. The van der Waals surface area contributed by atoms with E-state index in [2.05, 4.69) is 42.6 Å². The molecule has 0 heterocycles. The molecule has 0 aliphatic rings. The Morgan fingerprint density at radius 1 is 0.966 bits per heavy atom. The van der Waals surface area contributed by atoms with E-state index in [0.717, 1.165) is 17.9 Å². The van der Waals surface area contributed by atoms with Gasteiger partial charge in [-0.15, -0.1) is 0 Å². The van der Waals surface area contributed by atoms with E-state index in [4.69, 9.17) is 19.7 Å². The van der Waals surface area contributed by atoms with E-state index in [0.29, 0.717) is 12.2 Å². The molecule has 29 heavy (non-hydrogen) atoms. The maximum absolute atomic E-state index is 9.55. The molecule has 0 bridgehead atoms. The summed E-state index contributed by atoms with van der Waals surface area (Å²) in [7, 11) is 5.31. The van der Waals surface area contributed by atoms with E-state index in [-0.39, 0.29) is 6.04 Å². The van der Waals surface area contributed by atoms with Crippen molar-refractivity contribution in [1.29, 1.82) is 0 Å². The fourth-order valence-corrected chi connectivity index (χ4v) is 2.57. The van der Waals surface area contributed by atoms with Crippen LogP contribution in [0.3, 0.4) is 0 Å². The predicted molar refractivity (Wildman–Crippen MR) is 111 cm³/mol. The number of aryl methyl sites for hydroxylation is 1. The SMILES string of the molecule is CNC(Cc1ccc(OC)c(OC)c1)c1ccc(C)cc1.O=C(O)/C=C/C(=O)O. The Morgan fingerprint density at radius 2 is 1.52 bits per heavy atom. The lowest BCUT2D eigenvalue weighted by molar-refractivity contribution is -0.134. The Kier molecular flexibility index (Phi) is 9.98. The van der Waals surface area contributed by atoms with Gasteiger partial charge in [0.25, 0.3) is 0 Å². The minimum Gasteiger partial charge on any atom is -0.493 e. The minimum absolute atomic E-state index is 0.281. The maximum atomic E-state index is 9.55. The van der Waals surface area contributed by atoms with Gasteiger partial charge in [-0.2, -0.15) is 0 Å². The van der Waals surface area contributed by atoms with Crippen LogP contribution in [0.2, 0.25) is 0 Å². The number of hydrogen-bond acceptors (Lipinski definition) is 5. The lowest BCUT2D eigenvalue weighted by Gasteiger charge is -2.18. The summed E-state index contributed by atoms with van der Waals surface area (Å²) in [6.45, 7) is 2.10. The van der Waals surface area contributed by atoms with Crippen LogP contribution in [-0.4, -0.2) is 43.4 Å². The highest BCUT2D eigenvalue weighted by Gasteiger charge is 2.12. The molecule has 156 valence electrons. The fraction of sp³-hybridized carbons (Fsp3) is 0.273. The van der Waals surface area contributed by atoms with Crippen molar-refractivity contribution < 1.29 is 29.3 Å². The van der Waals surface area contributed by atoms with Gasteiger partial charge in [-0.25, -0.2) is 9.59 Å². The van der Waals surface area contributed by atoms with Gasteiger partial charge in [0.05, 0.1) is 14.2 Å². The normalized spacial score (nSPS) is 11.3. The molecular weight excluding hydrogens is 374 g/mol. The molecule has 1 atom stereocenters. The molecule has 0 aliphatic carbocycles. The zero-order chi connectivity index (χ0) is 21.8. The molecule has 2 aromatic rings. The fourth-order valence-electron chi connectivity index (χ4n) is 2.57. The third-order valence-electron chi connectivity index (χ3n) is 4.08. The number of ether oxygens (including phenoxy) is 2. The predicted octanol–water partition coefficient (Wildman–Crippen LogP) is 3.23. The van der Waals surface area contributed by atoms with Crippen LogP contribution in [0.15, 0.2) is 54.6 Å². The lowest BCUT2D eigenvalue weighted by atomic mass is 9.98. The summed E-state index contributed by atoms with van der Waals surface area (Å²) >= 11 is 0. The van der Waals surface area contributed by atoms with E-state index in [1.807, 2.05) is 19.2 Å². The summed E-state index contributed by atoms with van der Waals surface area (Å²) in [5.41, 5.74) is 3.78. The minimum atomic E-state index is -1.26. The molecule has 7 heteroatoms. The summed E-state index contributed by atoms with van der Waals surface area (Å²) < 4.78 is 10.6. The van der Waals surface area contributed by atoms with Crippen molar-refractivity contribution in [1.82, 2.24) is 5.32 Å². The lowest BCUT2D eigenvalue weighted by Crippen LogP contribution is -2.18. The van der Waals surface area contributed by atoms with Crippen LogP contribution in [0.4, 0.5) is 0 Å². The third-order valence-corrected chi connectivity index (χ3v) is 4.08. The van der Waals surface area contributed by atoms with Gasteiger partial charge in [0, 0.05) is 18.2 Å². The quantitative estimate of drug-likeness (QED) is 0.583. The zero-order valence-electron chi connectivity index (χ0n) is 17.0. The van der Waals surface area contributed by atoms with Crippen molar-refractivity contribution in [2.45, 2.75) is 19.4 Å². The number of methoxy groups -OCH3 is 2. The van der Waals surface area contributed by atoms with Crippen molar-refractivity contribution in [2.24, 2.45) is 0 Å². The number of hydrogen-bond donors (Lipinski definition) is 3. The molecular formula is C22H27NO6. The van der Waals surface area contributed by atoms with E-state index in [1.54, 1.807) is 14.2 Å². The highest BCUT2D eigenvalue weighted by Crippen LogP contribution is 2.29. The Hall–Kier alpha value is -3.32. The molecule has 0 amide bonds. The van der Waals surface area contributed by atoms with Crippen LogP contribution in [-0.2, 0) is 16.0 Å². The number of carboxylic acids is 2. The summed E-state index contributed by atoms with van der Waals surface area (Å²) in [6, 6.07) is 15.0. The number of carbonyl (C=O) groups is 2. The van der Waals surface area contributed by atoms with Crippen molar-refractivity contribution in [3.63, 3.8) is 0 Å². The van der Waals surface area contributed by atoms with Crippen molar-refractivity contribution >= 4 is 11.9 Å². The molecule has 7 nitrogen and oxygen atoms in total. The molecule has 0 radical (unpaired) electrons. The first-order valence-electron chi connectivity index (χ1n) is 8.89. The van der Waals surface area contributed by atoms with E-state index in [9.17, 15) is 9.59 Å². The first-order chi connectivity index (χ1) is 13.8. The topological polar surface area (TPSA) is 105 Å². The van der Waals surface area contributed by atoms with Gasteiger partial charge >= 0.3 is 11.9 Å². The highest BCUT2D eigenvalue weighted by atomic mass is 16.5. The third kappa shape index (κ3) is 8.49. The van der Waals surface area contributed by atoms with E-state index < -0.39 is 11.9 Å². The van der Waals surface area contributed by atoms with Gasteiger partial charge < -0.3 is 25.0 Å². The average molecular weight is 401 g/mol. The Labute approximate surface area is 170 Å². The molecule has 0 saturated heterocycles. The monoisotopic (exact) mass is 401 g/mol. The van der Waals surface area contributed by atoms with Crippen LogP contribution in [0, 0.1) is 6.92 Å². The van der Waals surface area contributed by atoms with Gasteiger partial charge in [-0.05, 0) is 43.7 Å². The highest BCUT2D eigenvalue weighted by molar-refractivity contribution is 5.89. The number of carboxylic acid groups (broad SMARTS) is 2. The van der Waals surface area contributed by atoms with Crippen LogP contribution in [0.1, 0.15) is 22.7 Å². The first kappa shape index (κ1) is 23.7. The number of aliphatic carboxylic acids is 2. The van der Waals surface area contributed by atoms with Crippen molar-refractivity contribution in [2.75, 3.05) is 21.3 Å². The second-order valence-corrected chi connectivity index (χ2v) is 6.16. The molecule has 0 aromatic heterocycles. The summed E-state index contributed by atoms with van der Waals surface area (Å²) in [5, 5.41) is 19.0. The van der Waals surface area contributed by atoms with Crippen molar-refractivity contribution in [3.8, 4) is 11.5 Å². The van der Waals surface area contributed by atoms with Gasteiger partial charge in [0.15, 0.2) is 11.5 Å². The zero-order valence-corrected chi connectivity index (χ0v) is 17.0. The van der Waals surface area contributed by atoms with E-state index >= 15 is 0 Å². The Balaban J connectivity index is 0.000000447. The average Bonchev–Trinajstić information content (AvgIpc) is 2.71. The number of rotatable bonds is 8. The smallest absolute Gasteiger partial charge is 0.328 e. The number of likely N-dealkylation sites (N-methyl/N-ethyl adjacent to an activating group) is 1. The second-order valence-electron chi connectivity index (χ2n) is 6.16. The molecule has 2 rings (SSSR count). The van der Waals surface area contributed by atoms with Crippen LogP contribution in [0.25, 0.3) is 0 Å². The molecule has 0 saturated carbocycles. The number of benzene rings is 2. The van der Waals surface area contributed by atoms with Gasteiger partial charge in [0.1, 0.15) is 0 Å². The Morgan fingerprint density at radius 3 is 1.97 bits per heavy atom. The summed E-state index contributed by atoms with van der Waals surface area (Å²) in [4.78, 5) is 19.1. The largest absolute Gasteiger partial charge is 0.493 e. The Bertz CT molecular complexity index is 814. The van der Waals surface area contributed by atoms with Crippen molar-refractivity contribution in [3.05, 3.63) is 71.3 Å². The summed E-state index contributed by atoms with van der Waals surface area (Å²) in [6.07, 6.45) is 2.02. The maximum Gasteiger partial charge on any atom is 0.328 e. The molecule has 1 unspecified atom stereocenters. The van der Waals surface area contributed by atoms with Crippen LogP contribution in [0.5, 0.6) is 11.5 Å². The molecule has 2 aromatic carbocycles. The molecule has 0 fully saturated rings. The second kappa shape index (κ2) is 12.2. The van der Waals surface area contributed by atoms with Gasteiger partial charge in [-0.3, -0.25) is 0 Å². The van der Waals surface area contributed by atoms with Gasteiger partial charge in [-0.1, -0.05) is 35.9 Å². The number of nitrogens with one attached hydrogen (secondary N) is 1. The standard InChI is InChI=1S/C18H23NO2.C4H4O4/c1-13-5-8-15(9-6-13)16(19-2)11-14-7-10-17(20-3)18(12-14)21-4;5-3(6)1-2-4(7)8/h5-10,12,16,19H,11H2,1-4H3;1-2H,(H,5,6)(H,7,8)/b;2-1+. The molecule has 0 aliphatic heterocycles. The molecule has 3 N–H and O–H groups in total. The van der Waals surface area contributed by atoms with E-state index in [1.165, 1.54) is 16.7 Å². The van der Waals surface area contributed by atoms with Gasteiger partial charge in [0.2, 0.25) is 0 Å². The summed E-state index contributed by atoms with van der Waals surface area (Å²) in [5.74, 6) is -0.980. The first-order valence-corrected chi connectivity index (χ1v) is 8.89. The van der Waals surface area contributed by atoms with Crippen LogP contribution < -0.4 is 14.8 Å². The van der Waals surface area contributed by atoms with Crippen LogP contribution >= 0.6 is 0 Å².